The Hall–Kier alpha value is -1.35. The number of benzene rings is 1. The predicted molar refractivity (Wildman–Crippen MR) is 118 cm³/mol. The van der Waals surface area contributed by atoms with Crippen molar-refractivity contribution in [2.75, 3.05) is 26.2 Å². The van der Waals surface area contributed by atoms with Gasteiger partial charge in [-0.2, -0.15) is 0 Å². The molecule has 1 unspecified atom stereocenters. The Morgan fingerprint density at radius 3 is 2.62 bits per heavy atom. The molecule has 0 saturated carbocycles. The van der Waals surface area contributed by atoms with Crippen LogP contribution in [0.2, 0.25) is 0 Å². The van der Waals surface area contributed by atoms with E-state index < -0.39 is 0 Å². The van der Waals surface area contributed by atoms with Crippen LogP contribution in [0.15, 0.2) is 29.3 Å². The molecule has 0 aromatic heterocycles. The third-order valence-electron chi connectivity index (χ3n) is 4.41. The van der Waals surface area contributed by atoms with Crippen LogP contribution >= 0.6 is 24.0 Å². The van der Waals surface area contributed by atoms with E-state index in [1.807, 2.05) is 0 Å². The predicted octanol–water partition coefficient (Wildman–Crippen LogP) is 2.08. The Morgan fingerprint density at radius 1 is 1.27 bits per heavy atom. The molecule has 1 aromatic carbocycles. The number of hydrogen-bond donors (Lipinski definition) is 3. The quantitative estimate of drug-likeness (QED) is 0.322. The highest BCUT2D eigenvalue weighted by molar-refractivity contribution is 14.0. The third kappa shape index (κ3) is 7.49. The van der Waals surface area contributed by atoms with E-state index in [4.69, 9.17) is 5.73 Å². The summed E-state index contributed by atoms with van der Waals surface area (Å²) in [6.07, 6.45) is 1.95. The summed E-state index contributed by atoms with van der Waals surface area (Å²) in [7, 11) is 0. The number of carbonyl (C=O) groups excluding carboxylic acids is 1. The first-order valence-electron chi connectivity index (χ1n) is 9.24. The molecular weight excluding hydrogens is 441 g/mol. The van der Waals surface area contributed by atoms with Gasteiger partial charge in [0.05, 0.1) is 12.5 Å². The summed E-state index contributed by atoms with van der Waals surface area (Å²) in [5.74, 6) is 0.659. The van der Waals surface area contributed by atoms with Crippen molar-refractivity contribution in [1.29, 1.82) is 0 Å². The van der Waals surface area contributed by atoms with E-state index in [0.29, 0.717) is 6.54 Å². The number of carbonyl (C=O) groups is 1. The molecule has 1 atom stereocenters. The molecule has 26 heavy (non-hydrogen) atoms. The molecule has 0 radical (unpaired) electrons. The van der Waals surface area contributed by atoms with Crippen molar-refractivity contribution in [3.8, 4) is 0 Å². The summed E-state index contributed by atoms with van der Waals surface area (Å²) >= 11 is 0. The molecule has 2 rings (SSSR count). The lowest BCUT2D eigenvalue weighted by molar-refractivity contribution is -0.123. The SMILES string of the molecule is CCNC(=NCc1cccc(CN2CCCC(C(N)=O)C2)c1)NCC.I. The van der Waals surface area contributed by atoms with Gasteiger partial charge in [0, 0.05) is 26.2 Å². The maximum atomic E-state index is 11.4. The number of amides is 1. The Kier molecular flexibility index (Phi) is 10.6. The summed E-state index contributed by atoms with van der Waals surface area (Å²) in [5.41, 5.74) is 7.92. The maximum Gasteiger partial charge on any atom is 0.221 e. The van der Waals surface area contributed by atoms with Crippen LogP contribution in [0.1, 0.15) is 37.8 Å². The largest absolute Gasteiger partial charge is 0.369 e. The molecule has 1 aliphatic rings. The lowest BCUT2D eigenvalue weighted by Crippen LogP contribution is -2.40. The number of rotatable bonds is 7. The van der Waals surface area contributed by atoms with E-state index in [1.54, 1.807) is 0 Å². The molecule has 1 aliphatic heterocycles. The maximum absolute atomic E-state index is 11.4. The highest BCUT2D eigenvalue weighted by Gasteiger charge is 2.23. The Balaban J connectivity index is 0.00000338. The van der Waals surface area contributed by atoms with E-state index in [0.717, 1.165) is 51.5 Å². The molecule has 146 valence electrons. The Morgan fingerprint density at radius 2 is 1.96 bits per heavy atom. The van der Waals surface area contributed by atoms with Crippen LogP contribution in [0.5, 0.6) is 0 Å². The van der Waals surface area contributed by atoms with Crippen molar-refractivity contribution in [3.05, 3.63) is 35.4 Å². The van der Waals surface area contributed by atoms with Gasteiger partial charge in [-0.3, -0.25) is 9.69 Å². The second-order valence-corrected chi connectivity index (χ2v) is 6.52. The van der Waals surface area contributed by atoms with Crippen molar-refractivity contribution in [2.24, 2.45) is 16.6 Å². The van der Waals surface area contributed by atoms with Crippen molar-refractivity contribution in [1.82, 2.24) is 15.5 Å². The topological polar surface area (TPSA) is 82.8 Å². The number of piperidine rings is 1. The average molecular weight is 473 g/mol. The van der Waals surface area contributed by atoms with Crippen LogP contribution in [0.4, 0.5) is 0 Å². The van der Waals surface area contributed by atoms with Gasteiger partial charge in [-0.15, -0.1) is 24.0 Å². The van der Waals surface area contributed by atoms with E-state index in [1.165, 1.54) is 11.1 Å². The standard InChI is InChI=1S/C19H31N5O.HI/c1-3-21-19(22-4-2)23-12-15-7-5-8-16(11-15)13-24-10-6-9-17(14-24)18(20)25;/h5,7-8,11,17H,3-4,6,9-10,12-14H2,1-2H3,(H2,20,25)(H2,21,22,23);1H. The van der Waals surface area contributed by atoms with Gasteiger partial charge in [0.15, 0.2) is 5.96 Å². The van der Waals surface area contributed by atoms with Gasteiger partial charge < -0.3 is 16.4 Å². The summed E-state index contributed by atoms with van der Waals surface area (Å²) < 4.78 is 0. The van der Waals surface area contributed by atoms with Crippen molar-refractivity contribution < 1.29 is 4.79 Å². The number of guanidine groups is 1. The second-order valence-electron chi connectivity index (χ2n) is 6.52. The van der Waals surface area contributed by atoms with Crippen LogP contribution in [-0.2, 0) is 17.9 Å². The summed E-state index contributed by atoms with van der Waals surface area (Å²) in [6.45, 7) is 9.11. The van der Waals surface area contributed by atoms with E-state index in [-0.39, 0.29) is 35.8 Å². The number of aliphatic imine (C=N–C) groups is 1. The fourth-order valence-electron chi connectivity index (χ4n) is 3.20. The molecule has 1 heterocycles. The van der Waals surface area contributed by atoms with Crippen molar-refractivity contribution in [2.45, 2.75) is 39.8 Å². The summed E-state index contributed by atoms with van der Waals surface area (Å²) in [4.78, 5) is 18.4. The van der Waals surface area contributed by atoms with E-state index in [2.05, 4.69) is 58.6 Å². The van der Waals surface area contributed by atoms with Crippen LogP contribution in [0.3, 0.4) is 0 Å². The third-order valence-corrected chi connectivity index (χ3v) is 4.41. The van der Waals surface area contributed by atoms with E-state index >= 15 is 0 Å². The van der Waals surface area contributed by atoms with Gasteiger partial charge in [0.2, 0.25) is 5.91 Å². The number of hydrogen-bond acceptors (Lipinski definition) is 3. The second kappa shape index (κ2) is 12.1. The fourth-order valence-corrected chi connectivity index (χ4v) is 3.20. The minimum Gasteiger partial charge on any atom is -0.369 e. The van der Waals surface area contributed by atoms with Crippen molar-refractivity contribution >= 4 is 35.8 Å². The highest BCUT2D eigenvalue weighted by atomic mass is 127. The van der Waals surface area contributed by atoms with Crippen LogP contribution in [-0.4, -0.2) is 42.9 Å². The zero-order valence-electron chi connectivity index (χ0n) is 15.8. The summed E-state index contributed by atoms with van der Waals surface area (Å²) in [5, 5.41) is 6.47. The van der Waals surface area contributed by atoms with Crippen molar-refractivity contribution in [3.63, 3.8) is 0 Å². The monoisotopic (exact) mass is 473 g/mol. The molecule has 1 aromatic rings. The van der Waals surface area contributed by atoms with Gasteiger partial charge in [-0.1, -0.05) is 24.3 Å². The molecule has 1 fully saturated rings. The number of likely N-dealkylation sites (tertiary alicyclic amines) is 1. The summed E-state index contributed by atoms with van der Waals surface area (Å²) in [6, 6.07) is 8.52. The molecule has 7 heteroatoms. The van der Waals surface area contributed by atoms with Crippen LogP contribution in [0, 0.1) is 5.92 Å². The number of nitrogens with two attached hydrogens (primary N) is 1. The molecule has 1 saturated heterocycles. The van der Waals surface area contributed by atoms with Gasteiger partial charge in [0.1, 0.15) is 0 Å². The number of halogens is 1. The number of primary amides is 1. The van der Waals surface area contributed by atoms with Gasteiger partial charge in [-0.25, -0.2) is 4.99 Å². The zero-order valence-corrected chi connectivity index (χ0v) is 18.2. The van der Waals surface area contributed by atoms with Crippen LogP contribution in [0.25, 0.3) is 0 Å². The first-order valence-corrected chi connectivity index (χ1v) is 9.24. The van der Waals surface area contributed by atoms with Gasteiger partial charge >= 0.3 is 0 Å². The smallest absolute Gasteiger partial charge is 0.221 e. The molecule has 0 bridgehead atoms. The first kappa shape index (κ1) is 22.7. The minimum atomic E-state index is -0.174. The molecule has 0 spiro atoms. The highest BCUT2D eigenvalue weighted by Crippen LogP contribution is 2.19. The molecule has 6 nitrogen and oxygen atoms in total. The normalized spacial score (nSPS) is 17.1. The van der Waals surface area contributed by atoms with Crippen LogP contribution < -0.4 is 16.4 Å². The molecular formula is C19H32IN5O. The first-order chi connectivity index (χ1) is 12.1. The molecule has 4 N–H and O–H groups in total. The van der Waals surface area contributed by atoms with E-state index in [9.17, 15) is 4.79 Å². The fraction of sp³-hybridized carbons (Fsp3) is 0.579. The number of nitrogens with one attached hydrogen (secondary N) is 2. The number of nitrogens with zero attached hydrogens (tertiary/aromatic N) is 2. The van der Waals surface area contributed by atoms with Gasteiger partial charge in [0.25, 0.3) is 0 Å². The Labute approximate surface area is 174 Å². The lowest BCUT2D eigenvalue weighted by Gasteiger charge is -2.31. The Bertz CT molecular complexity index is 585. The zero-order chi connectivity index (χ0) is 18.1. The van der Waals surface area contributed by atoms with Gasteiger partial charge in [-0.05, 0) is 44.4 Å². The molecule has 0 aliphatic carbocycles. The molecule has 1 amide bonds. The average Bonchev–Trinajstić information content (AvgIpc) is 2.61. The lowest BCUT2D eigenvalue weighted by atomic mass is 9.97. The minimum absolute atomic E-state index is 0.